The first kappa shape index (κ1) is 9.01. The third-order valence-electron chi connectivity index (χ3n) is 2.00. The Hall–Kier alpha value is -0.0800. The SMILES string of the molecule is CCC1[CH][CH]C(C)C(OC)O1. The van der Waals surface area contributed by atoms with Crippen molar-refractivity contribution in [1.82, 2.24) is 0 Å². The molecule has 0 aromatic heterocycles. The highest BCUT2D eigenvalue weighted by atomic mass is 16.7. The van der Waals surface area contributed by atoms with Gasteiger partial charge < -0.3 is 9.47 Å². The van der Waals surface area contributed by atoms with Gasteiger partial charge in [0.2, 0.25) is 0 Å². The maximum absolute atomic E-state index is 5.59. The zero-order valence-electron chi connectivity index (χ0n) is 7.41. The largest absolute Gasteiger partial charge is 0.356 e. The maximum atomic E-state index is 5.59. The molecular formula is C9H16O2. The van der Waals surface area contributed by atoms with Gasteiger partial charge in [0.15, 0.2) is 6.29 Å². The van der Waals surface area contributed by atoms with Crippen LogP contribution in [0.4, 0.5) is 0 Å². The third-order valence-corrected chi connectivity index (χ3v) is 2.00. The summed E-state index contributed by atoms with van der Waals surface area (Å²) >= 11 is 0. The molecule has 2 nitrogen and oxygen atoms in total. The Bertz CT molecular complexity index is 114. The lowest BCUT2D eigenvalue weighted by Crippen LogP contribution is -2.35. The molecule has 0 aliphatic carbocycles. The van der Waals surface area contributed by atoms with Crippen LogP contribution in [0.3, 0.4) is 0 Å². The van der Waals surface area contributed by atoms with E-state index >= 15 is 0 Å². The molecule has 3 atom stereocenters. The molecule has 0 aromatic carbocycles. The first-order valence-corrected chi connectivity index (χ1v) is 4.14. The van der Waals surface area contributed by atoms with Gasteiger partial charge in [0.25, 0.3) is 0 Å². The predicted octanol–water partition coefficient (Wildman–Crippen LogP) is 1.81. The molecule has 1 fully saturated rings. The molecule has 0 saturated carbocycles. The zero-order chi connectivity index (χ0) is 8.27. The fourth-order valence-electron chi connectivity index (χ4n) is 1.23. The highest BCUT2D eigenvalue weighted by Gasteiger charge is 2.27. The topological polar surface area (TPSA) is 18.5 Å². The van der Waals surface area contributed by atoms with E-state index in [1.165, 1.54) is 0 Å². The molecular weight excluding hydrogens is 140 g/mol. The predicted molar refractivity (Wildman–Crippen MR) is 43.7 cm³/mol. The Kier molecular flexibility index (Phi) is 3.34. The first-order valence-electron chi connectivity index (χ1n) is 4.14. The maximum Gasteiger partial charge on any atom is 0.160 e. The summed E-state index contributed by atoms with van der Waals surface area (Å²) in [6.45, 7) is 4.20. The van der Waals surface area contributed by atoms with E-state index in [0.29, 0.717) is 5.92 Å². The summed E-state index contributed by atoms with van der Waals surface area (Å²) < 4.78 is 10.7. The van der Waals surface area contributed by atoms with Crippen molar-refractivity contribution in [3.8, 4) is 0 Å². The molecule has 64 valence electrons. The Morgan fingerprint density at radius 3 is 2.73 bits per heavy atom. The van der Waals surface area contributed by atoms with E-state index in [-0.39, 0.29) is 12.4 Å². The number of hydrogen-bond donors (Lipinski definition) is 0. The van der Waals surface area contributed by atoms with Crippen molar-refractivity contribution >= 4 is 0 Å². The molecule has 1 aliphatic heterocycles. The van der Waals surface area contributed by atoms with Gasteiger partial charge in [0.05, 0.1) is 6.10 Å². The molecule has 0 bridgehead atoms. The van der Waals surface area contributed by atoms with Crippen molar-refractivity contribution in [3.05, 3.63) is 12.8 Å². The molecule has 11 heavy (non-hydrogen) atoms. The monoisotopic (exact) mass is 156 g/mol. The Labute approximate surface area is 68.9 Å². The Morgan fingerprint density at radius 2 is 2.18 bits per heavy atom. The minimum absolute atomic E-state index is 0.0510. The van der Waals surface area contributed by atoms with Crippen LogP contribution in [0.2, 0.25) is 0 Å². The fraction of sp³-hybridized carbons (Fsp3) is 0.778. The number of methoxy groups -OCH3 is 1. The normalized spacial score (nSPS) is 39.0. The molecule has 0 N–H and O–H groups in total. The summed E-state index contributed by atoms with van der Waals surface area (Å²) in [5.41, 5.74) is 0. The molecule has 1 saturated heterocycles. The zero-order valence-corrected chi connectivity index (χ0v) is 7.41. The van der Waals surface area contributed by atoms with E-state index in [1.54, 1.807) is 7.11 Å². The molecule has 1 aliphatic rings. The Morgan fingerprint density at radius 1 is 1.45 bits per heavy atom. The van der Waals surface area contributed by atoms with Crippen LogP contribution in [0, 0.1) is 18.8 Å². The van der Waals surface area contributed by atoms with Gasteiger partial charge in [0.1, 0.15) is 0 Å². The van der Waals surface area contributed by atoms with Crippen LogP contribution in [0.1, 0.15) is 20.3 Å². The minimum Gasteiger partial charge on any atom is -0.356 e. The number of hydrogen-bond acceptors (Lipinski definition) is 2. The van der Waals surface area contributed by atoms with E-state index in [2.05, 4.69) is 26.7 Å². The Balaban J connectivity index is 2.37. The summed E-state index contributed by atoms with van der Waals surface area (Å²) in [7, 11) is 1.69. The molecule has 2 heteroatoms. The average molecular weight is 156 g/mol. The van der Waals surface area contributed by atoms with Gasteiger partial charge in [-0.15, -0.1) is 0 Å². The van der Waals surface area contributed by atoms with Gasteiger partial charge in [0, 0.05) is 13.0 Å². The number of ether oxygens (including phenoxy) is 2. The summed E-state index contributed by atoms with van der Waals surface area (Å²) in [4.78, 5) is 0. The standard InChI is InChI=1S/C9H16O2/c1-4-8-6-5-7(2)9(10-3)11-8/h5-9H,4H2,1-3H3. The van der Waals surface area contributed by atoms with Gasteiger partial charge in [-0.05, 0) is 19.3 Å². The lowest BCUT2D eigenvalue weighted by molar-refractivity contribution is -0.179. The van der Waals surface area contributed by atoms with Crippen LogP contribution >= 0.6 is 0 Å². The molecule has 1 heterocycles. The van der Waals surface area contributed by atoms with Gasteiger partial charge in [-0.2, -0.15) is 0 Å². The smallest absolute Gasteiger partial charge is 0.160 e. The number of rotatable bonds is 2. The second-order valence-corrected chi connectivity index (χ2v) is 2.93. The van der Waals surface area contributed by atoms with E-state index in [4.69, 9.17) is 9.47 Å². The van der Waals surface area contributed by atoms with Crippen molar-refractivity contribution in [2.75, 3.05) is 7.11 Å². The van der Waals surface area contributed by atoms with Crippen molar-refractivity contribution in [2.45, 2.75) is 32.7 Å². The molecule has 1 rings (SSSR count). The average Bonchev–Trinajstić information content (AvgIpc) is 2.05. The van der Waals surface area contributed by atoms with Gasteiger partial charge >= 0.3 is 0 Å². The van der Waals surface area contributed by atoms with Gasteiger partial charge in [-0.25, -0.2) is 0 Å². The highest BCUT2D eigenvalue weighted by Crippen LogP contribution is 2.24. The van der Waals surface area contributed by atoms with Crippen LogP contribution in [-0.4, -0.2) is 19.5 Å². The van der Waals surface area contributed by atoms with Crippen molar-refractivity contribution < 1.29 is 9.47 Å². The molecule has 0 aromatic rings. The van der Waals surface area contributed by atoms with Crippen LogP contribution in [0.5, 0.6) is 0 Å². The first-order chi connectivity index (χ1) is 5.27. The summed E-state index contributed by atoms with van der Waals surface area (Å²) in [6, 6.07) is 0. The van der Waals surface area contributed by atoms with Gasteiger partial charge in [-0.1, -0.05) is 13.8 Å². The quantitative estimate of drug-likeness (QED) is 0.607. The summed E-state index contributed by atoms with van der Waals surface area (Å²) in [5, 5.41) is 0. The van der Waals surface area contributed by atoms with Crippen LogP contribution in [-0.2, 0) is 9.47 Å². The lowest BCUT2D eigenvalue weighted by atomic mass is 9.98. The van der Waals surface area contributed by atoms with E-state index < -0.39 is 0 Å². The van der Waals surface area contributed by atoms with E-state index in [9.17, 15) is 0 Å². The highest BCUT2D eigenvalue weighted by molar-refractivity contribution is 4.98. The summed E-state index contributed by atoms with van der Waals surface area (Å²) in [5.74, 6) is 0.378. The van der Waals surface area contributed by atoms with E-state index in [0.717, 1.165) is 6.42 Å². The van der Waals surface area contributed by atoms with Crippen LogP contribution < -0.4 is 0 Å². The summed E-state index contributed by atoms with van der Waals surface area (Å²) in [6.07, 6.45) is 5.48. The van der Waals surface area contributed by atoms with Gasteiger partial charge in [-0.3, -0.25) is 0 Å². The van der Waals surface area contributed by atoms with E-state index in [1.807, 2.05) is 0 Å². The van der Waals surface area contributed by atoms with Crippen molar-refractivity contribution in [3.63, 3.8) is 0 Å². The lowest BCUT2D eigenvalue weighted by Gasteiger charge is -2.32. The molecule has 0 spiro atoms. The minimum atomic E-state index is -0.0510. The molecule has 2 radical (unpaired) electrons. The molecule has 3 unspecified atom stereocenters. The van der Waals surface area contributed by atoms with Crippen LogP contribution in [0.25, 0.3) is 0 Å². The second kappa shape index (κ2) is 4.07. The second-order valence-electron chi connectivity index (χ2n) is 2.93. The van der Waals surface area contributed by atoms with Crippen molar-refractivity contribution in [2.24, 2.45) is 5.92 Å². The van der Waals surface area contributed by atoms with Crippen LogP contribution in [0.15, 0.2) is 0 Å². The molecule has 0 amide bonds. The third kappa shape index (κ3) is 2.17. The van der Waals surface area contributed by atoms with Crippen molar-refractivity contribution in [1.29, 1.82) is 0 Å². The fourth-order valence-corrected chi connectivity index (χ4v) is 1.23.